The molecule has 0 spiro atoms. The minimum atomic E-state index is 0.709. The highest BCUT2D eigenvalue weighted by atomic mass is 35.5. The Labute approximate surface area is 100 Å². The summed E-state index contributed by atoms with van der Waals surface area (Å²) in [6.45, 7) is 2.70. The molecule has 1 aromatic heterocycles. The van der Waals surface area contributed by atoms with E-state index in [-0.39, 0.29) is 0 Å². The van der Waals surface area contributed by atoms with E-state index in [2.05, 4.69) is 10.4 Å². The van der Waals surface area contributed by atoms with E-state index in [1.807, 2.05) is 44.4 Å². The average molecular weight is 236 g/mol. The van der Waals surface area contributed by atoms with Crippen LogP contribution in [-0.4, -0.2) is 9.78 Å². The summed E-state index contributed by atoms with van der Waals surface area (Å²) in [6.07, 6.45) is 1.93. The van der Waals surface area contributed by atoms with Crippen molar-refractivity contribution in [3.8, 4) is 0 Å². The first kappa shape index (κ1) is 11.0. The zero-order chi connectivity index (χ0) is 11.5. The van der Waals surface area contributed by atoms with Crippen LogP contribution < -0.4 is 5.32 Å². The maximum Gasteiger partial charge on any atom is 0.0815 e. The standard InChI is InChI=1S/C12H14ClN3/c1-9-3-4-10(7-12(9)13)14-8-11-5-6-16(2)15-11/h3-7,14H,8H2,1-2H3. The third kappa shape index (κ3) is 2.55. The van der Waals surface area contributed by atoms with Crippen molar-refractivity contribution in [2.45, 2.75) is 13.5 Å². The van der Waals surface area contributed by atoms with Crippen molar-refractivity contribution in [1.29, 1.82) is 0 Å². The van der Waals surface area contributed by atoms with E-state index in [0.717, 1.165) is 22.0 Å². The Kier molecular flexibility index (Phi) is 3.15. The Morgan fingerprint density at radius 3 is 2.81 bits per heavy atom. The Morgan fingerprint density at radius 2 is 2.19 bits per heavy atom. The van der Waals surface area contributed by atoms with E-state index in [9.17, 15) is 0 Å². The van der Waals surface area contributed by atoms with Gasteiger partial charge in [-0.1, -0.05) is 17.7 Å². The average Bonchev–Trinajstić information content (AvgIpc) is 2.66. The lowest BCUT2D eigenvalue weighted by Crippen LogP contribution is -2.01. The van der Waals surface area contributed by atoms with E-state index in [4.69, 9.17) is 11.6 Å². The van der Waals surface area contributed by atoms with Crippen molar-refractivity contribution in [3.05, 3.63) is 46.7 Å². The van der Waals surface area contributed by atoms with Crippen LogP contribution in [0, 0.1) is 6.92 Å². The van der Waals surface area contributed by atoms with Crippen molar-refractivity contribution < 1.29 is 0 Å². The molecule has 1 N–H and O–H groups in total. The van der Waals surface area contributed by atoms with E-state index >= 15 is 0 Å². The maximum absolute atomic E-state index is 6.04. The number of hydrogen-bond acceptors (Lipinski definition) is 2. The zero-order valence-corrected chi connectivity index (χ0v) is 10.1. The first-order valence-electron chi connectivity index (χ1n) is 5.14. The first-order valence-corrected chi connectivity index (χ1v) is 5.51. The highest BCUT2D eigenvalue weighted by molar-refractivity contribution is 6.31. The number of halogens is 1. The second kappa shape index (κ2) is 4.58. The highest BCUT2D eigenvalue weighted by Crippen LogP contribution is 2.20. The monoisotopic (exact) mass is 235 g/mol. The van der Waals surface area contributed by atoms with Crippen molar-refractivity contribution in [1.82, 2.24) is 9.78 Å². The van der Waals surface area contributed by atoms with Crippen molar-refractivity contribution in [3.63, 3.8) is 0 Å². The normalized spacial score (nSPS) is 10.4. The Hall–Kier alpha value is -1.48. The molecule has 0 amide bonds. The predicted octanol–water partition coefficient (Wildman–Crippen LogP) is 2.99. The first-order chi connectivity index (χ1) is 7.65. The summed E-state index contributed by atoms with van der Waals surface area (Å²) in [6, 6.07) is 7.94. The molecule has 0 unspecified atom stereocenters. The summed E-state index contributed by atoms with van der Waals surface area (Å²) in [5.41, 5.74) is 3.12. The number of nitrogens with zero attached hydrogens (tertiary/aromatic N) is 2. The number of benzene rings is 1. The van der Waals surface area contributed by atoms with Crippen LogP contribution >= 0.6 is 11.6 Å². The molecule has 2 aromatic rings. The van der Waals surface area contributed by atoms with Gasteiger partial charge in [-0.2, -0.15) is 5.10 Å². The lowest BCUT2D eigenvalue weighted by atomic mass is 10.2. The summed E-state index contributed by atoms with van der Waals surface area (Å²) < 4.78 is 1.79. The van der Waals surface area contributed by atoms with Crippen LogP contribution in [0.3, 0.4) is 0 Å². The molecule has 0 saturated heterocycles. The molecule has 0 aliphatic carbocycles. The van der Waals surface area contributed by atoms with Gasteiger partial charge in [0.15, 0.2) is 0 Å². The SMILES string of the molecule is Cc1ccc(NCc2ccn(C)n2)cc1Cl. The molecule has 84 valence electrons. The lowest BCUT2D eigenvalue weighted by molar-refractivity contribution is 0.747. The Bertz CT molecular complexity index is 491. The van der Waals surface area contributed by atoms with Crippen LogP contribution in [0.4, 0.5) is 5.69 Å². The fraction of sp³-hybridized carbons (Fsp3) is 0.250. The summed E-state index contributed by atoms with van der Waals surface area (Å²) in [5.74, 6) is 0. The Balaban J connectivity index is 2.02. The molecule has 16 heavy (non-hydrogen) atoms. The number of hydrogen-bond donors (Lipinski definition) is 1. The van der Waals surface area contributed by atoms with Crippen LogP contribution in [0.25, 0.3) is 0 Å². The lowest BCUT2D eigenvalue weighted by Gasteiger charge is -2.06. The van der Waals surface area contributed by atoms with Gasteiger partial charge < -0.3 is 5.32 Å². The number of aromatic nitrogens is 2. The molecule has 0 radical (unpaired) electrons. The van der Waals surface area contributed by atoms with Gasteiger partial charge in [-0.25, -0.2) is 0 Å². The molecule has 0 fully saturated rings. The van der Waals surface area contributed by atoms with Gasteiger partial charge in [-0.15, -0.1) is 0 Å². The number of rotatable bonds is 3. The molecule has 4 heteroatoms. The van der Waals surface area contributed by atoms with Crippen molar-refractivity contribution in [2.24, 2.45) is 7.05 Å². The third-order valence-electron chi connectivity index (χ3n) is 2.41. The summed E-state index contributed by atoms with van der Waals surface area (Å²) in [7, 11) is 1.91. The zero-order valence-electron chi connectivity index (χ0n) is 9.37. The van der Waals surface area contributed by atoms with Gasteiger partial charge in [0.1, 0.15) is 0 Å². The molecular weight excluding hydrogens is 222 g/mol. The molecule has 0 bridgehead atoms. The van der Waals surface area contributed by atoms with Gasteiger partial charge in [-0.05, 0) is 30.7 Å². The van der Waals surface area contributed by atoms with Gasteiger partial charge in [-0.3, -0.25) is 4.68 Å². The van der Waals surface area contributed by atoms with Gasteiger partial charge in [0.2, 0.25) is 0 Å². The van der Waals surface area contributed by atoms with E-state index < -0.39 is 0 Å². The largest absolute Gasteiger partial charge is 0.379 e. The molecule has 0 aliphatic rings. The van der Waals surface area contributed by atoms with Crippen LogP contribution in [-0.2, 0) is 13.6 Å². The van der Waals surface area contributed by atoms with Crippen molar-refractivity contribution in [2.75, 3.05) is 5.32 Å². The van der Waals surface area contributed by atoms with Gasteiger partial charge in [0, 0.05) is 24.0 Å². The van der Waals surface area contributed by atoms with Crippen LogP contribution in [0.1, 0.15) is 11.3 Å². The molecule has 1 aromatic carbocycles. The van der Waals surface area contributed by atoms with Gasteiger partial charge in [0.25, 0.3) is 0 Å². The molecule has 0 aliphatic heterocycles. The molecular formula is C12H14ClN3. The van der Waals surface area contributed by atoms with Crippen LogP contribution in [0.5, 0.6) is 0 Å². The minimum Gasteiger partial charge on any atom is -0.379 e. The fourth-order valence-electron chi connectivity index (χ4n) is 1.45. The van der Waals surface area contributed by atoms with Gasteiger partial charge >= 0.3 is 0 Å². The minimum absolute atomic E-state index is 0.709. The smallest absolute Gasteiger partial charge is 0.0815 e. The molecule has 0 saturated carbocycles. The second-order valence-corrected chi connectivity index (χ2v) is 4.21. The quantitative estimate of drug-likeness (QED) is 0.887. The Morgan fingerprint density at radius 1 is 1.38 bits per heavy atom. The third-order valence-corrected chi connectivity index (χ3v) is 2.82. The number of anilines is 1. The predicted molar refractivity (Wildman–Crippen MR) is 66.7 cm³/mol. The van der Waals surface area contributed by atoms with Crippen LogP contribution in [0.15, 0.2) is 30.5 Å². The molecule has 0 atom stereocenters. The number of aryl methyl sites for hydroxylation is 2. The fourth-order valence-corrected chi connectivity index (χ4v) is 1.63. The summed E-state index contributed by atoms with van der Waals surface area (Å²) >= 11 is 6.04. The second-order valence-electron chi connectivity index (χ2n) is 3.80. The molecule has 3 nitrogen and oxygen atoms in total. The van der Waals surface area contributed by atoms with E-state index in [1.54, 1.807) is 4.68 Å². The topological polar surface area (TPSA) is 29.9 Å². The van der Waals surface area contributed by atoms with Crippen LogP contribution in [0.2, 0.25) is 5.02 Å². The maximum atomic E-state index is 6.04. The summed E-state index contributed by atoms with van der Waals surface area (Å²) in [4.78, 5) is 0. The molecule has 2 rings (SSSR count). The number of nitrogens with one attached hydrogen (secondary N) is 1. The highest BCUT2D eigenvalue weighted by Gasteiger charge is 1.99. The molecule has 1 heterocycles. The van der Waals surface area contributed by atoms with Crippen molar-refractivity contribution >= 4 is 17.3 Å². The van der Waals surface area contributed by atoms with E-state index in [0.29, 0.717) is 6.54 Å². The van der Waals surface area contributed by atoms with Gasteiger partial charge in [0.05, 0.1) is 12.2 Å². The summed E-state index contributed by atoms with van der Waals surface area (Å²) in [5, 5.41) is 8.35. The van der Waals surface area contributed by atoms with E-state index in [1.165, 1.54) is 0 Å².